The van der Waals surface area contributed by atoms with E-state index in [1.165, 1.54) is 29.9 Å². The van der Waals surface area contributed by atoms with Gasteiger partial charge in [-0.15, -0.1) is 0 Å². The molecule has 2 heterocycles. The highest BCUT2D eigenvalue weighted by Gasteiger charge is 2.49. The predicted molar refractivity (Wildman–Crippen MR) is 91.4 cm³/mol. The van der Waals surface area contributed by atoms with Crippen LogP contribution in [0.4, 0.5) is 0 Å². The first-order chi connectivity index (χ1) is 11.2. The minimum atomic E-state index is -0.0552. The molecule has 0 aromatic heterocycles. The van der Waals surface area contributed by atoms with Crippen LogP contribution in [-0.2, 0) is 9.53 Å². The summed E-state index contributed by atoms with van der Waals surface area (Å²) in [7, 11) is 3.68. The van der Waals surface area contributed by atoms with Gasteiger partial charge in [-0.3, -0.25) is 9.69 Å². The van der Waals surface area contributed by atoms with Gasteiger partial charge in [0.2, 0.25) is 0 Å². The maximum atomic E-state index is 12.5. The first-order valence-electron chi connectivity index (χ1n) is 8.47. The van der Waals surface area contributed by atoms with Crippen LogP contribution in [-0.4, -0.2) is 37.1 Å². The molecule has 4 atom stereocenters. The summed E-state index contributed by atoms with van der Waals surface area (Å²) in [6.07, 6.45) is 3.34. The molecule has 120 valence electrons. The van der Waals surface area contributed by atoms with E-state index in [0.717, 1.165) is 12.8 Å². The summed E-state index contributed by atoms with van der Waals surface area (Å²) in [6, 6.07) is 16.0. The molecule has 23 heavy (non-hydrogen) atoms. The van der Waals surface area contributed by atoms with E-state index in [9.17, 15) is 4.79 Å². The summed E-state index contributed by atoms with van der Waals surface area (Å²) in [6.45, 7) is 0. The lowest BCUT2D eigenvalue weighted by Crippen LogP contribution is -2.49. The summed E-state index contributed by atoms with van der Waals surface area (Å²) in [5.41, 5.74) is 1.28. The normalized spacial score (nSPS) is 30.5. The van der Waals surface area contributed by atoms with E-state index in [4.69, 9.17) is 4.74 Å². The number of rotatable bonds is 2. The van der Waals surface area contributed by atoms with Crippen molar-refractivity contribution in [2.45, 2.75) is 37.3 Å². The SMILES string of the molecule is COC(=O)[C@@H]1[C@@H](c2ccc3ccccc3c2)C[C@@H]2CC[C@H]1N2C. The standard InChI is InChI=1S/C20H23NO2/c1-21-16-9-10-18(21)19(20(22)23-2)17(12-16)15-8-7-13-5-3-4-6-14(13)11-15/h3-8,11,16-19H,9-10,12H2,1-2H3/t16-,17+,18+,19+/m0/s1. The largest absolute Gasteiger partial charge is 0.469 e. The molecular weight excluding hydrogens is 286 g/mol. The van der Waals surface area contributed by atoms with E-state index in [0.29, 0.717) is 12.1 Å². The van der Waals surface area contributed by atoms with Crippen LogP contribution in [0.2, 0.25) is 0 Å². The van der Waals surface area contributed by atoms with Gasteiger partial charge in [0.25, 0.3) is 0 Å². The molecule has 0 spiro atoms. The van der Waals surface area contributed by atoms with Gasteiger partial charge in [-0.05, 0) is 42.6 Å². The molecule has 0 saturated carbocycles. The van der Waals surface area contributed by atoms with Crippen molar-refractivity contribution in [1.82, 2.24) is 4.90 Å². The lowest BCUT2D eigenvalue weighted by Gasteiger charge is -2.41. The lowest BCUT2D eigenvalue weighted by molar-refractivity contribution is -0.150. The van der Waals surface area contributed by atoms with Gasteiger partial charge in [0.1, 0.15) is 0 Å². The third kappa shape index (κ3) is 2.34. The quantitative estimate of drug-likeness (QED) is 0.794. The van der Waals surface area contributed by atoms with E-state index in [-0.39, 0.29) is 17.8 Å². The Kier molecular flexibility index (Phi) is 3.61. The summed E-state index contributed by atoms with van der Waals surface area (Å²) in [5, 5.41) is 2.50. The molecule has 0 radical (unpaired) electrons. The Morgan fingerprint density at radius 2 is 1.91 bits per heavy atom. The van der Waals surface area contributed by atoms with Crippen molar-refractivity contribution in [1.29, 1.82) is 0 Å². The minimum absolute atomic E-state index is 0.0510. The zero-order chi connectivity index (χ0) is 16.0. The molecule has 2 aliphatic rings. The second-order valence-electron chi connectivity index (χ2n) is 6.96. The van der Waals surface area contributed by atoms with Gasteiger partial charge >= 0.3 is 5.97 Å². The molecule has 0 unspecified atom stereocenters. The Morgan fingerprint density at radius 3 is 2.70 bits per heavy atom. The van der Waals surface area contributed by atoms with Crippen LogP contribution >= 0.6 is 0 Å². The number of benzene rings is 2. The second kappa shape index (κ2) is 5.64. The highest BCUT2D eigenvalue weighted by atomic mass is 16.5. The lowest BCUT2D eigenvalue weighted by atomic mass is 9.76. The molecule has 2 bridgehead atoms. The topological polar surface area (TPSA) is 29.5 Å². The second-order valence-corrected chi connectivity index (χ2v) is 6.96. The smallest absolute Gasteiger partial charge is 0.310 e. The van der Waals surface area contributed by atoms with Crippen LogP contribution in [0.3, 0.4) is 0 Å². The average Bonchev–Trinajstić information content (AvgIpc) is 2.83. The number of piperidine rings is 1. The van der Waals surface area contributed by atoms with Crippen LogP contribution in [0.1, 0.15) is 30.7 Å². The maximum absolute atomic E-state index is 12.5. The first-order valence-corrected chi connectivity index (χ1v) is 8.47. The van der Waals surface area contributed by atoms with Crippen LogP contribution in [0, 0.1) is 5.92 Å². The van der Waals surface area contributed by atoms with Crippen LogP contribution in [0.25, 0.3) is 10.8 Å². The Hall–Kier alpha value is -1.87. The maximum Gasteiger partial charge on any atom is 0.310 e. The Balaban J connectivity index is 1.76. The number of esters is 1. The first kappa shape index (κ1) is 14.7. The number of ether oxygens (including phenoxy) is 1. The van der Waals surface area contributed by atoms with Gasteiger partial charge in [-0.25, -0.2) is 0 Å². The highest BCUT2D eigenvalue weighted by molar-refractivity contribution is 5.83. The fourth-order valence-corrected chi connectivity index (χ4v) is 4.71. The van der Waals surface area contributed by atoms with E-state index < -0.39 is 0 Å². The molecule has 0 amide bonds. The van der Waals surface area contributed by atoms with Crippen molar-refractivity contribution in [2.24, 2.45) is 5.92 Å². The van der Waals surface area contributed by atoms with E-state index >= 15 is 0 Å². The number of fused-ring (bicyclic) bond motifs is 3. The van der Waals surface area contributed by atoms with Crippen molar-refractivity contribution in [2.75, 3.05) is 14.2 Å². The van der Waals surface area contributed by atoms with Gasteiger partial charge in [0, 0.05) is 18.0 Å². The number of methoxy groups -OCH3 is 1. The molecule has 0 aliphatic carbocycles. The van der Waals surface area contributed by atoms with Crippen molar-refractivity contribution in [3.63, 3.8) is 0 Å². The van der Waals surface area contributed by atoms with Gasteiger partial charge in [-0.2, -0.15) is 0 Å². The third-order valence-electron chi connectivity index (χ3n) is 5.94. The predicted octanol–water partition coefficient (Wildman–Crippen LogP) is 3.58. The number of carbonyl (C=O) groups is 1. The van der Waals surface area contributed by atoms with Crippen LogP contribution in [0.15, 0.2) is 42.5 Å². The van der Waals surface area contributed by atoms with E-state index in [2.05, 4.69) is 54.4 Å². The Morgan fingerprint density at radius 1 is 1.13 bits per heavy atom. The summed E-state index contributed by atoms with van der Waals surface area (Å²) >= 11 is 0. The number of hydrogen-bond donors (Lipinski definition) is 0. The van der Waals surface area contributed by atoms with Crippen LogP contribution in [0.5, 0.6) is 0 Å². The molecular formula is C20H23NO2. The van der Waals surface area contributed by atoms with Crippen LogP contribution < -0.4 is 0 Å². The average molecular weight is 309 g/mol. The van der Waals surface area contributed by atoms with Crippen molar-refractivity contribution < 1.29 is 9.53 Å². The molecule has 2 saturated heterocycles. The Bertz CT molecular complexity index is 741. The Labute approximate surface area is 137 Å². The number of carbonyl (C=O) groups excluding carboxylic acids is 1. The summed E-state index contributed by atoms with van der Waals surface area (Å²) < 4.78 is 5.16. The fraction of sp³-hybridized carbons (Fsp3) is 0.450. The van der Waals surface area contributed by atoms with Gasteiger partial charge in [-0.1, -0.05) is 42.5 Å². The van der Waals surface area contributed by atoms with Crippen molar-refractivity contribution in [3.05, 3.63) is 48.0 Å². The molecule has 2 fully saturated rings. The highest BCUT2D eigenvalue weighted by Crippen LogP contribution is 2.46. The monoisotopic (exact) mass is 309 g/mol. The summed E-state index contributed by atoms with van der Waals surface area (Å²) in [4.78, 5) is 14.9. The fourth-order valence-electron chi connectivity index (χ4n) is 4.71. The number of hydrogen-bond acceptors (Lipinski definition) is 3. The molecule has 3 nitrogen and oxygen atoms in total. The summed E-state index contributed by atoms with van der Waals surface area (Å²) in [5.74, 6) is 0.158. The zero-order valence-corrected chi connectivity index (χ0v) is 13.7. The minimum Gasteiger partial charge on any atom is -0.469 e. The number of nitrogens with zero attached hydrogens (tertiary/aromatic N) is 1. The van der Waals surface area contributed by atoms with Gasteiger partial charge < -0.3 is 4.74 Å². The molecule has 2 aromatic rings. The zero-order valence-electron chi connectivity index (χ0n) is 13.7. The third-order valence-corrected chi connectivity index (χ3v) is 5.94. The van der Waals surface area contributed by atoms with E-state index in [1.54, 1.807) is 0 Å². The van der Waals surface area contributed by atoms with Gasteiger partial charge in [0.05, 0.1) is 13.0 Å². The van der Waals surface area contributed by atoms with Crippen molar-refractivity contribution in [3.8, 4) is 0 Å². The van der Waals surface area contributed by atoms with Crippen molar-refractivity contribution >= 4 is 16.7 Å². The van der Waals surface area contributed by atoms with Gasteiger partial charge in [0.15, 0.2) is 0 Å². The molecule has 2 aromatic carbocycles. The molecule has 4 rings (SSSR count). The molecule has 3 heteroatoms. The molecule has 2 aliphatic heterocycles. The molecule has 0 N–H and O–H groups in total. The van der Waals surface area contributed by atoms with E-state index in [1.807, 2.05) is 0 Å².